The minimum Gasteiger partial charge on any atom is -0.507 e. The second-order valence-corrected chi connectivity index (χ2v) is 11.7. The molecule has 2 aliphatic heterocycles. The van der Waals surface area contributed by atoms with E-state index in [1.165, 1.54) is 16.2 Å². The third kappa shape index (κ3) is 4.97. The highest BCUT2D eigenvalue weighted by molar-refractivity contribution is 7.22. The third-order valence-electron chi connectivity index (χ3n) is 7.20. The predicted molar refractivity (Wildman–Crippen MR) is 163 cm³/mol. The molecule has 0 aliphatic carbocycles. The Balaban J connectivity index is 1.53. The van der Waals surface area contributed by atoms with Gasteiger partial charge in [0.25, 0.3) is 5.78 Å². The number of benzene rings is 3. The van der Waals surface area contributed by atoms with Gasteiger partial charge in [-0.05, 0) is 79.9 Å². The van der Waals surface area contributed by atoms with Crippen LogP contribution in [0.2, 0.25) is 5.02 Å². The van der Waals surface area contributed by atoms with Gasteiger partial charge in [0.1, 0.15) is 17.6 Å². The molecule has 3 aromatic carbocycles. The molecule has 8 nitrogen and oxygen atoms in total. The Morgan fingerprint density at radius 3 is 2.71 bits per heavy atom. The van der Waals surface area contributed by atoms with Crippen molar-refractivity contribution < 1.29 is 28.9 Å². The van der Waals surface area contributed by atoms with Crippen LogP contribution in [0.5, 0.6) is 17.2 Å². The zero-order valence-corrected chi connectivity index (χ0v) is 24.9. The molecule has 1 aromatic heterocycles. The molecule has 1 fully saturated rings. The number of nitrogens with zero attached hydrogens (tertiary/aromatic N) is 2. The van der Waals surface area contributed by atoms with Crippen molar-refractivity contribution in [2.24, 2.45) is 0 Å². The largest absolute Gasteiger partial charge is 0.507 e. The van der Waals surface area contributed by atoms with Crippen molar-refractivity contribution in [2.45, 2.75) is 45.8 Å². The number of hydrogen-bond donors (Lipinski definition) is 1. The van der Waals surface area contributed by atoms with E-state index in [1.807, 2.05) is 26.8 Å². The first-order valence-corrected chi connectivity index (χ1v) is 15.0. The van der Waals surface area contributed by atoms with Gasteiger partial charge in [-0.2, -0.15) is 0 Å². The van der Waals surface area contributed by atoms with E-state index in [4.69, 9.17) is 25.8 Å². The lowest BCUT2D eigenvalue weighted by molar-refractivity contribution is -0.132. The van der Waals surface area contributed by atoms with Crippen LogP contribution in [-0.4, -0.2) is 41.1 Å². The summed E-state index contributed by atoms with van der Waals surface area (Å²) in [6.45, 7) is 6.75. The van der Waals surface area contributed by atoms with Crippen LogP contribution in [0, 0.1) is 0 Å². The second kappa shape index (κ2) is 11.3. The number of carbonyl (C=O) groups excluding carboxylic acids is 2. The SMILES string of the molecule is CCCOc1ccc([C@@H]2C(=C(O)c3ccc4c(c3)C[C@@H](C)O4)C(=O)C(=O)N2c2nc3ccc(Cl)cc3s2)cc1OCC. The first-order chi connectivity index (χ1) is 20.3. The Labute approximate surface area is 252 Å². The van der Waals surface area contributed by atoms with Gasteiger partial charge in [0, 0.05) is 17.0 Å². The van der Waals surface area contributed by atoms with Crippen LogP contribution in [0.15, 0.2) is 60.2 Å². The van der Waals surface area contributed by atoms with Crippen molar-refractivity contribution in [2.75, 3.05) is 18.1 Å². The van der Waals surface area contributed by atoms with Crippen molar-refractivity contribution in [3.05, 3.63) is 81.9 Å². The van der Waals surface area contributed by atoms with Gasteiger partial charge in [0.15, 0.2) is 16.6 Å². The fourth-order valence-corrected chi connectivity index (χ4v) is 6.62. The molecule has 42 heavy (non-hydrogen) atoms. The normalized spacial score (nSPS) is 19.3. The van der Waals surface area contributed by atoms with E-state index in [2.05, 4.69) is 4.98 Å². The minimum atomic E-state index is -0.969. The number of halogens is 1. The van der Waals surface area contributed by atoms with Crippen molar-refractivity contribution >= 4 is 55.7 Å². The maximum atomic E-state index is 13.7. The predicted octanol–water partition coefficient (Wildman–Crippen LogP) is 7.09. The third-order valence-corrected chi connectivity index (χ3v) is 8.46. The van der Waals surface area contributed by atoms with Gasteiger partial charge in [0.2, 0.25) is 0 Å². The molecule has 0 radical (unpaired) electrons. The maximum absolute atomic E-state index is 13.7. The Hall–Kier alpha value is -4.08. The van der Waals surface area contributed by atoms with Gasteiger partial charge in [-0.25, -0.2) is 4.98 Å². The fourth-order valence-electron chi connectivity index (χ4n) is 5.35. The lowest BCUT2D eigenvalue weighted by Crippen LogP contribution is -2.29. The zero-order valence-electron chi connectivity index (χ0n) is 23.3. The highest BCUT2D eigenvalue weighted by atomic mass is 35.5. The molecule has 0 saturated carbocycles. The van der Waals surface area contributed by atoms with Gasteiger partial charge in [-0.3, -0.25) is 14.5 Å². The van der Waals surface area contributed by atoms with Crippen LogP contribution in [0.4, 0.5) is 5.13 Å². The first-order valence-electron chi connectivity index (χ1n) is 13.9. The molecule has 10 heteroatoms. The molecule has 0 bridgehead atoms. The molecule has 3 heterocycles. The molecular formula is C32H29ClN2O6S. The number of Topliss-reactive ketones (excluding diaryl/α,β-unsaturated/α-hetero) is 1. The van der Waals surface area contributed by atoms with Gasteiger partial charge in [-0.15, -0.1) is 0 Å². The lowest BCUT2D eigenvalue weighted by atomic mass is 9.94. The highest BCUT2D eigenvalue weighted by Gasteiger charge is 2.48. The fraction of sp³-hybridized carbons (Fsp3) is 0.281. The van der Waals surface area contributed by atoms with E-state index in [0.29, 0.717) is 57.9 Å². The molecule has 4 aromatic rings. The van der Waals surface area contributed by atoms with E-state index >= 15 is 0 Å². The van der Waals surface area contributed by atoms with E-state index in [1.54, 1.807) is 48.5 Å². The molecule has 0 spiro atoms. The summed E-state index contributed by atoms with van der Waals surface area (Å²) in [6.07, 6.45) is 1.51. The molecule has 2 atom stereocenters. The average molecular weight is 605 g/mol. The molecule has 1 N–H and O–H groups in total. The number of ether oxygens (including phenoxy) is 3. The number of carbonyl (C=O) groups is 2. The summed E-state index contributed by atoms with van der Waals surface area (Å²) >= 11 is 7.46. The average Bonchev–Trinajstić information content (AvgIpc) is 3.63. The Bertz CT molecular complexity index is 1750. The van der Waals surface area contributed by atoms with Gasteiger partial charge in [-0.1, -0.05) is 35.9 Å². The number of thiazole rings is 1. The van der Waals surface area contributed by atoms with Crippen molar-refractivity contribution in [1.29, 1.82) is 0 Å². The van der Waals surface area contributed by atoms with Crippen molar-refractivity contribution in [1.82, 2.24) is 4.98 Å². The van der Waals surface area contributed by atoms with Crippen LogP contribution >= 0.6 is 22.9 Å². The smallest absolute Gasteiger partial charge is 0.301 e. The minimum absolute atomic E-state index is 0.0148. The van der Waals surface area contributed by atoms with Gasteiger partial charge >= 0.3 is 5.91 Å². The van der Waals surface area contributed by atoms with E-state index in [9.17, 15) is 14.7 Å². The molecule has 2 aliphatic rings. The van der Waals surface area contributed by atoms with Crippen LogP contribution in [0.25, 0.3) is 16.0 Å². The van der Waals surface area contributed by atoms with Crippen molar-refractivity contribution in [3.8, 4) is 17.2 Å². The second-order valence-electron chi connectivity index (χ2n) is 10.2. The molecule has 1 amide bonds. The van der Waals surface area contributed by atoms with Crippen LogP contribution in [-0.2, 0) is 16.0 Å². The maximum Gasteiger partial charge on any atom is 0.301 e. The number of aliphatic hydroxyl groups excluding tert-OH is 1. The van der Waals surface area contributed by atoms with Crippen LogP contribution < -0.4 is 19.1 Å². The monoisotopic (exact) mass is 604 g/mol. The molecular weight excluding hydrogens is 576 g/mol. The quantitative estimate of drug-likeness (QED) is 0.130. The number of anilines is 1. The number of rotatable bonds is 8. The zero-order chi connectivity index (χ0) is 29.5. The number of aromatic nitrogens is 1. The summed E-state index contributed by atoms with van der Waals surface area (Å²) in [7, 11) is 0. The topological polar surface area (TPSA) is 98.2 Å². The van der Waals surface area contributed by atoms with Crippen LogP contribution in [0.1, 0.15) is 49.9 Å². The summed E-state index contributed by atoms with van der Waals surface area (Å²) < 4.78 is 18.4. The highest BCUT2D eigenvalue weighted by Crippen LogP contribution is 2.46. The van der Waals surface area contributed by atoms with Gasteiger partial charge in [0.05, 0.1) is 35.0 Å². The van der Waals surface area contributed by atoms with E-state index < -0.39 is 17.7 Å². The van der Waals surface area contributed by atoms with Crippen LogP contribution in [0.3, 0.4) is 0 Å². The van der Waals surface area contributed by atoms with Gasteiger partial charge < -0.3 is 19.3 Å². The number of ketones is 1. The number of amides is 1. The summed E-state index contributed by atoms with van der Waals surface area (Å²) in [5.74, 6) is -0.0707. The summed E-state index contributed by atoms with van der Waals surface area (Å²) in [4.78, 5) is 33.5. The molecule has 6 rings (SSSR count). The van der Waals surface area contributed by atoms with E-state index in [-0.39, 0.29) is 17.4 Å². The van der Waals surface area contributed by atoms with Crippen molar-refractivity contribution in [3.63, 3.8) is 0 Å². The lowest BCUT2D eigenvalue weighted by Gasteiger charge is -2.24. The molecule has 1 saturated heterocycles. The summed E-state index contributed by atoms with van der Waals surface area (Å²) in [5.41, 5.74) is 2.54. The summed E-state index contributed by atoms with van der Waals surface area (Å²) in [6, 6.07) is 14.9. The summed E-state index contributed by atoms with van der Waals surface area (Å²) in [5, 5.41) is 12.5. The first kappa shape index (κ1) is 28.1. The number of fused-ring (bicyclic) bond motifs is 2. The number of aliphatic hydroxyl groups is 1. The van der Waals surface area contributed by atoms with E-state index in [0.717, 1.165) is 22.4 Å². The Kier molecular flexibility index (Phi) is 7.55. The Morgan fingerprint density at radius 2 is 1.93 bits per heavy atom. The Morgan fingerprint density at radius 1 is 1.10 bits per heavy atom. The number of hydrogen-bond acceptors (Lipinski definition) is 8. The standard InChI is InChI=1S/C32H29ClN2O6S/c1-4-12-40-24-11-6-18(15-25(24)39-5-2)28-27(29(36)19-7-10-23-20(14-19)13-17(3)41-23)30(37)31(38)35(28)32-34-22-9-8-21(33)16-26(22)42-32/h6-11,14-17,28,36H,4-5,12-13H2,1-3H3/t17-,28-/m1/s1. The molecule has 216 valence electrons. The molecule has 0 unspecified atom stereocenters.